The van der Waals surface area contributed by atoms with Crippen molar-refractivity contribution in [2.24, 2.45) is 11.8 Å². The second-order valence-electron chi connectivity index (χ2n) is 5.44. The first-order valence-corrected chi connectivity index (χ1v) is 7.03. The van der Waals surface area contributed by atoms with E-state index in [0.717, 1.165) is 32.2 Å². The SMILES string of the molecule is O=C(NCc1nn[nH]n1)C1CCCN(C(=O)C2CC2)C1. The minimum absolute atomic E-state index is 0.0388. The molecule has 3 rings (SSSR count). The van der Waals surface area contributed by atoms with Gasteiger partial charge in [0.2, 0.25) is 11.8 Å². The molecule has 2 N–H and O–H groups in total. The third-order valence-corrected chi connectivity index (χ3v) is 3.84. The molecule has 2 fully saturated rings. The molecule has 1 aliphatic heterocycles. The van der Waals surface area contributed by atoms with Gasteiger partial charge >= 0.3 is 0 Å². The number of aromatic amines is 1. The van der Waals surface area contributed by atoms with Crippen LogP contribution >= 0.6 is 0 Å². The van der Waals surface area contributed by atoms with Crippen molar-refractivity contribution in [3.8, 4) is 0 Å². The van der Waals surface area contributed by atoms with E-state index in [2.05, 4.69) is 25.9 Å². The van der Waals surface area contributed by atoms with Crippen molar-refractivity contribution >= 4 is 11.8 Å². The van der Waals surface area contributed by atoms with Gasteiger partial charge < -0.3 is 10.2 Å². The molecule has 0 spiro atoms. The fourth-order valence-electron chi connectivity index (χ4n) is 2.55. The first-order valence-electron chi connectivity index (χ1n) is 7.03. The van der Waals surface area contributed by atoms with Crippen molar-refractivity contribution in [2.45, 2.75) is 32.2 Å². The lowest BCUT2D eigenvalue weighted by molar-refractivity contribution is -0.136. The molecule has 1 saturated heterocycles. The summed E-state index contributed by atoms with van der Waals surface area (Å²) in [6.07, 6.45) is 3.72. The Morgan fingerprint density at radius 1 is 1.30 bits per heavy atom. The van der Waals surface area contributed by atoms with E-state index in [1.54, 1.807) is 0 Å². The predicted molar refractivity (Wildman–Crippen MR) is 68.1 cm³/mol. The number of piperidine rings is 1. The number of tetrazole rings is 1. The molecule has 2 amide bonds. The predicted octanol–water partition coefficient (Wildman–Crippen LogP) is -0.536. The van der Waals surface area contributed by atoms with Crippen LogP contribution in [0.25, 0.3) is 0 Å². The van der Waals surface area contributed by atoms with E-state index in [0.29, 0.717) is 12.4 Å². The number of amides is 2. The number of nitrogens with one attached hydrogen (secondary N) is 2. The first kappa shape index (κ1) is 13.0. The Hall–Kier alpha value is -1.99. The summed E-state index contributed by atoms with van der Waals surface area (Å²) in [6, 6.07) is 0. The summed E-state index contributed by atoms with van der Waals surface area (Å²) in [5, 5.41) is 16.1. The van der Waals surface area contributed by atoms with Crippen molar-refractivity contribution < 1.29 is 9.59 Å². The third kappa shape index (κ3) is 2.94. The molecule has 20 heavy (non-hydrogen) atoms. The van der Waals surface area contributed by atoms with Crippen LogP contribution in [0.3, 0.4) is 0 Å². The van der Waals surface area contributed by atoms with Gasteiger partial charge in [0.15, 0.2) is 5.82 Å². The van der Waals surface area contributed by atoms with Crippen LogP contribution < -0.4 is 5.32 Å². The van der Waals surface area contributed by atoms with Gasteiger partial charge in [0.1, 0.15) is 0 Å². The summed E-state index contributed by atoms with van der Waals surface area (Å²) >= 11 is 0. The van der Waals surface area contributed by atoms with Crippen LogP contribution in [-0.4, -0.2) is 50.4 Å². The Morgan fingerprint density at radius 2 is 2.15 bits per heavy atom. The largest absolute Gasteiger partial charge is 0.348 e. The molecule has 0 bridgehead atoms. The maximum Gasteiger partial charge on any atom is 0.225 e. The fourth-order valence-corrected chi connectivity index (χ4v) is 2.55. The lowest BCUT2D eigenvalue weighted by Crippen LogP contribution is -2.45. The van der Waals surface area contributed by atoms with Gasteiger partial charge in [-0.05, 0) is 25.7 Å². The van der Waals surface area contributed by atoms with Crippen molar-refractivity contribution in [1.29, 1.82) is 0 Å². The van der Waals surface area contributed by atoms with Crippen LogP contribution in [0.2, 0.25) is 0 Å². The van der Waals surface area contributed by atoms with E-state index in [-0.39, 0.29) is 30.2 Å². The van der Waals surface area contributed by atoms with E-state index < -0.39 is 0 Å². The standard InChI is InChI=1S/C12H18N6O2/c19-11(13-6-10-14-16-17-15-10)9-2-1-5-18(7-9)12(20)8-3-4-8/h8-9H,1-7H2,(H,13,19)(H,14,15,16,17). The summed E-state index contributed by atoms with van der Waals surface area (Å²) in [6.45, 7) is 1.58. The third-order valence-electron chi connectivity index (χ3n) is 3.84. The minimum Gasteiger partial charge on any atom is -0.348 e. The number of aromatic nitrogens is 4. The van der Waals surface area contributed by atoms with E-state index >= 15 is 0 Å². The molecular weight excluding hydrogens is 260 g/mol. The molecule has 1 aromatic heterocycles. The fraction of sp³-hybridized carbons (Fsp3) is 0.750. The number of carbonyl (C=O) groups excluding carboxylic acids is 2. The molecular formula is C12H18N6O2. The van der Waals surface area contributed by atoms with E-state index in [1.807, 2.05) is 4.90 Å². The Bertz CT molecular complexity index is 484. The molecule has 1 saturated carbocycles. The molecule has 1 unspecified atom stereocenters. The van der Waals surface area contributed by atoms with Crippen LogP contribution in [-0.2, 0) is 16.1 Å². The van der Waals surface area contributed by atoms with Crippen molar-refractivity contribution in [2.75, 3.05) is 13.1 Å². The molecule has 2 heterocycles. The molecule has 108 valence electrons. The zero-order chi connectivity index (χ0) is 13.9. The van der Waals surface area contributed by atoms with Crippen LogP contribution in [0, 0.1) is 11.8 Å². The second-order valence-corrected chi connectivity index (χ2v) is 5.44. The van der Waals surface area contributed by atoms with E-state index in [1.165, 1.54) is 0 Å². The molecule has 2 aliphatic rings. The quantitative estimate of drug-likeness (QED) is 0.770. The summed E-state index contributed by atoms with van der Waals surface area (Å²) < 4.78 is 0. The molecule has 8 nitrogen and oxygen atoms in total. The Morgan fingerprint density at radius 3 is 2.85 bits per heavy atom. The molecule has 1 atom stereocenters. The maximum absolute atomic E-state index is 12.1. The maximum atomic E-state index is 12.1. The van der Waals surface area contributed by atoms with Crippen LogP contribution in [0.15, 0.2) is 0 Å². The normalized spacial score (nSPS) is 22.6. The van der Waals surface area contributed by atoms with Crippen molar-refractivity contribution in [1.82, 2.24) is 30.8 Å². The highest BCUT2D eigenvalue weighted by atomic mass is 16.2. The zero-order valence-corrected chi connectivity index (χ0v) is 11.2. The summed E-state index contributed by atoms with van der Waals surface area (Å²) in [7, 11) is 0. The van der Waals surface area contributed by atoms with Gasteiger partial charge in [-0.2, -0.15) is 5.21 Å². The number of nitrogens with zero attached hydrogens (tertiary/aromatic N) is 4. The van der Waals surface area contributed by atoms with Crippen LogP contribution in [0.1, 0.15) is 31.5 Å². The van der Waals surface area contributed by atoms with Gasteiger partial charge in [-0.3, -0.25) is 9.59 Å². The highest BCUT2D eigenvalue weighted by Crippen LogP contribution is 2.32. The lowest BCUT2D eigenvalue weighted by atomic mass is 9.96. The number of carbonyl (C=O) groups is 2. The average Bonchev–Trinajstić information content (AvgIpc) is 3.20. The summed E-state index contributed by atoms with van der Waals surface area (Å²) in [4.78, 5) is 26.0. The zero-order valence-electron chi connectivity index (χ0n) is 11.2. The number of H-pyrrole nitrogens is 1. The molecule has 1 aromatic rings. The van der Waals surface area contributed by atoms with Gasteiger partial charge in [0, 0.05) is 19.0 Å². The minimum atomic E-state index is -0.127. The number of likely N-dealkylation sites (tertiary alicyclic amines) is 1. The molecule has 0 radical (unpaired) electrons. The number of hydrogen-bond donors (Lipinski definition) is 2. The average molecular weight is 278 g/mol. The topological polar surface area (TPSA) is 104 Å². The van der Waals surface area contributed by atoms with Gasteiger partial charge in [-0.15, -0.1) is 10.2 Å². The van der Waals surface area contributed by atoms with Gasteiger partial charge in [0.05, 0.1) is 12.5 Å². The van der Waals surface area contributed by atoms with E-state index in [4.69, 9.17) is 0 Å². The van der Waals surface area contributed by atoms with Crippen molar-refractivity contribution in [3.05, 3.63) is 5.82 Å². The van der Waals surface area contributed by atoms with E-state index in [9.17, 15) is 9.59 Å². The van der Waals surface area contributed by atoms with Gasteiger partial charge in [0.25, 0.3) is 0 Å². The molecule has 0 aromatic carbocycles. The summed E-state index contributed by atoms with van der Waals surface area (Å²) in [5.41, 5.74) is 0. The van der Waals surface area contributed by atoms with Gasteiger partial charge in [-0.1, -0.05) is 5.21 Å². The Labute approximate surface area is 116 Å². The molecule has 8 heteroatoms. The highest BCUT2D eigenvalue weighted by molar-refractivity contribution is 5.83. The highest BCUT2D eigenvalue weighted by Gasteiger charge is 2.36. The monoisotopic (exact) mass is 278 g/mol. The van der Waals surface area contributed by atoms with Crippen molar-refractivity contribution in [3.63, 3.8) is 0 Å². The van der Waals surface area contributed by atoms with Crippen LogP contribution in [0.4, 0.5) is 0 Å². The second kappa shape index (κ2) is 5.56. The Kier molecular flexibility index (Phi) is 3.62. The van der Waals surface area contributed by atoms with Gasteiger partial charge in [-0.25, -0.2) is 0 Å². The van der Waals surface area contributed by atoms with Crippen LogP contribution in [0.5, 0.6) is 0 Å². The molecule has 1 aliphatic carbocycles. The number of rotatable bonds is 4. The summed E-state index contributed by atoms with van der Waals surface area (Å²) in [5.74, 6) is 0.735. The lowest BCUT2D eigenvalue weighted by Gasteiger charge is -2.32. The smallest absolute Gasteiger partial charge is 0.225 e. The first-order chi connectivity index (χ1) is 9.74. The Balaban J connectivity index is 1.50. The number of hydrogen-bond acceptors (Lipinski definition) is 5.